The Balaban J connectivity index is 2.11. The number of amides is 2. The topological polar surface area (TPSA) is 95.7 Å². The van der Waals surface area contributed by atoms with Gasteiger partial charge in [-0.15, -0.1) is 0 Å². The molecule has 2 rings (SSSR count). The molecule has 102 valence electrons. The number of anilines is 1. The maximum absolute atomic E-state index is 11.9. The lowest BCUT2D eigenvalue weighted by Crippen LogP contribution is -2.38. The van der Waals surface area contributed by atoms with Gasteiger partial charge in [0.2, 0.25) is 0 Å². The summed E-state index contributed by atoms with van der Waals surface area (Å²) in [6.45, 7) is 1.34. The Morgan fingerprint density at radius 2 is 2.00 bits per heavy atom. The predicted molar refractivity (Wildman–Crippen MR) is 69.2 cm³/mol. The van der Waals surface area contributed by atoms with Crippen molar-refractivity contribution in [2.24, 2.45) is 0 Å². The molecule has 1 aromatic carbocycles. The van der Waals surface area contributed by atoms with E-state index in [4.69, 9.17) is 0 Å². The molecule has 1 aliphatic heterocycles. The third-order valence-corrected chi connectivity index (χ3v) is 3.08. The van der Waals surface area contributed by atoms with Crippen molar-refractivity contribution in [2.45, 2.75) is 19.3 Å². The van der Waals surface area contributed by atoms with Gasteiger partial charge in [-0.05, 0) is 25.3 Å². The van der Waals surface area contributed by atoms with Gasteiger partial charge in [0.25, 0.3) is 5.69 Å². The van der Waals surface area contributed by atoms with E-state index in [1.165, 1.54) is 12.1 Å². The molecule has 7 nitrogen and oxygen atoms in total. The van der Waals surface area contributed by atoms with E-state index in [0.29, 0.717) is 13.1 Å². The van der Waals surface area contributed by atoms with Crippen LogP contribution >= 0.6 is 0 Å². The number of rotatable bonds is 2. The largest absolute Gasteiger partial charge is 0.506 e. The van der Waals surface area contributed by atoms with Gasteiger partial charge < -0.3 is 15.3 Å². The SMILES string of the molecule is O=C(Nc1cc([N+](=O)[O-])ccc1O)N1CCCCC1. The fourth-order valence-corrected chi connectivity index (χ4v) is 2.03. The minimum absolute atomic E-state index is 0.0600. The van der Waals surface area contributed by atoms with Crippen LogP contribution in [-0.2, 0) is 0 Å². The number of nitro benzene ring substituents is 1. The van der Waals surface area contributed by atoms with Crippen molar-refractivity contribution in [3.63, 3.8) is 0 Å². The smallest absolute Gasteiger partial charge is 0.321 e. The summed E-state index contributed by atoms with van der Waals surface area (Å²) in [6.07, 6.45) is 3.01. The average molecular weight is 265 g/mol. The highest BCUT2D eigenvalue weighted by atomic mass is 16.6. The van der Waals surface area contributed by atoms with Gasteiger partial charge in [-0.1, -0.05) is 0 Å². The fourth-order valence-electron chi connectivity index (χ4n) is 2.03. The molecule has 2 N–H and O–H groups in total. The number of carbonyl (C=O) groups excluding carboxylic acids is 1. The monoisotopic (exact) mass is 265 g/mol. The lowest BCUT2D eigenvalue weighted by molar-refractivity contribution is -0.384. The summed E-state index contributed by atoms with van der Waals surface area (Å²) >= 11 is 0. The summed E-state index contributed by atoms with van der Waals surface area (Å²) in [5, 5.41) is 22.8. The first-order valence-electron chi connectivity index (χ1n) is 6.11. The Morgan fingerprint density at radius 3 is 2.63 bits per heavy atom. The van der Waals surface area contributed by atoms with Crippen LogP contribution in [0, 0.1) is 10.1 Å². The second kappa shape index (κ2) is 5.55. The summed E-state index contributed by atoms with van der Waals surface area (Å²) < 4.78 is 0. The normalized spacial score (nSPS) is 15.1. The van der Waals surface area contributed by atoms with Crippen LogP contribution in [0.1, 0.15) is 19.3 Å². The zero-order valence-corrected chi connectivity index (χ0v) is 10.3. The van der Waals surface area contributed by atoms with Crippen molar-refractivity contribution in [2.75, 3.05) is 18.4 Å². The summed E-state index contributed by atoms with van der Waals surface area (Å²) in [4.78, 5) is 23.7. The molecule has 0 spiro atoms. The molecular weight excluding hydrogens is 250 g/mol. The van der Waals surface area contributed by atoms with E-state index in [1.54, 1.807) is 4.90 Å². The van der Waals surface area contributed by atoms with Crippen LogP contribution < -0.4 is 5.32 Å². The van der Waals surface area contributed by atoms with Crippen LogP contribution in [0.3, 0.4) is 0 Å². The van der Waals surface area contributed by atoms with E-state index in [-0.39, 0.29) is 23.2 Å². The van der Waals surface area contributed by atoms with Crippen molar-refractivity contribution in [3.05, 3.63) is 28.3 Å². The molecule has 7 heteroatoms. The predicted octanol–water partition coefficient (Wildman–Crippen LogP) is 2.32. The van der Waals surface area contributed by atoms with Gasteiger partial charge in [0.05, 0.1) is 10.6 Å². The maximum atomic E-state index is 11.9. The first kappa shape index (κ1) is 13.1. The number of nitrogens with zero attached hydrogens (tertiary/aromatic N) is 2. The van der Waals surface area contributed by atoms with Gasteiger partial charge in [-0.25, -0.2) is 4.79 Å². The zero-order valence-electron chi connectivity index (χ0n) is 10.3. The summed E-state index contributed by atoms with van der Waals surface area (Å²) in [6, 6.07) is 3.20. The molecule has 1 saturated heterocycles. The number of benzene rings is 1. The van der Waals surface area contributed by atoms with Gasteiger partial charge in [-0.2, -0.15) is 0 Å². The van der Waals surface area contributed by atoms with Crippen molar-refractivity contribution >= 4 is 17.4 Å². The van der Waals surface area contributed by atoms with Gasteiger partial charge in [0.15, 0.2) is 0 Å². The third kappa shape index (κ3) is 3.12. The van der Waals surface area contributed by atoms with Crippen molar-refractivity contribution in [3.8, 4) is 5.75 Å². The molecule has 0 bridgehead atoms. The molecule has 0 saturated carbocycles. The number of hydrogen-bond donors (Lipinski definition) is 2. The lowest BCUT2D eigenvalue weighted by atomic mass is 10.1. The summed E-state index contributed by atoms with van der Waals surface area (Å²) in [5.41, 5.74) is -0.114. The number of phenolic OH excluding ortho intramolecular Hbond substituents is 1. The van der Waals surface area contributed by atoms with E-state index in [1.807, 2.05) is 0 Å². The molecule has 1 heterocycles. The standard InChI is InChI=1S/C12H15N3O4/c16-11-5-4-9(15(18)19)8-10(11)13-12(17)14-6-2-1-3-7-14/h4-5,8,16H,1-3,6-7H2,(H,13,17). The van der Waals surface area contributed by atoms with E-state index in [9.17, 15) is 20.0 Å². The number of nitrogens with one attached hydrogen (secondary N) is 1. The van der Waals surface area contributed by atoms with Gasteiger partial charge in [0.1, 0.15) is 5.75 Å². The zero-order chi connectivity index (χ0) is 13.8. The van der Waals surface area contributed by atoms with Crippen molar-refractivity contribution < 1.29 is 14.8 Å². The number of carbonyl (C=O) groups is 1. The maximum Gasteiger partial charge on any atom is 0.321 e. The van der Waals surface area contributed by atoms with Gasteiger partial charge in [-0.3, -0.25) is 10.1 Å². The molecular formula is C12H15N3O4. The van der Waals surface area contributed by atoms with E-state index in [0.717, 1.165) is 25.3 Å². The van der Waals surface area contributed by atoms with E-state index >= 15 is 0 Å². The van der Waals surface area contributed by atoms with Crippen molar-refractivity contribution in [1.82, 2.24) is 4.90 Å². The number of aromatic hydroxyl groups is 1. The highest BCUT2D eigenvalue weighted by Gasteiger charge is 2.18. The summed E-state index contributed by atoms with van der Waals surface area (Å²) in [5.74, 6) is -0.184. The van der Waals surface area contributed by atoms with E-state index in [2.05, 4.69) is 5.32 Å². The van der Waals surface area contributed by atoms with Crippen LogP contribution in [-0.4, -0.2) is 34.1 Å². The number of nitro groups is 1. The van der Waals surface area contributed by atoms with Crippen molar-refractivity contribution in [1.29, 1.82) is 0 Å². The number of piperidine rings is 1. The highest BCUT2D eigenvalue weighted by molar-refractivity contribution is 5.91. The molecule has 0 aromatic heterocycles. The Hall–Kier alpha value is -2.31. The second-order valence-corrected chi connectivity index (χ2v) is 4.44. The Labute approximate surface area is 110 Å². The Bertz CT molecular complexity index is 498. The number of phenols is 1. The van der Waals surface area contributed by atoms with Crippen LogP contribution in [0.2, 0.25) is 0 Å². The van der Waals surface area contributed by atoms with Crippen LogP contribution in [0.5, 0.6) is 5.75 Å². The molecule has 1 aromatic rings. The molecule has 0 aliphatic carbocycles. The van der Waals surface area contributed by atoms with Crippen LogP contribution in [0.4, 0.5) is 16.2 Å². The lowest BCUT2D eigenvalue weighted by Gasteiger charge is -2.26. The quantitative estimate of drug-likeness (QED) is 0.487. The Morgan fingerprint density at radius 1 is 1.32 bits per heavy atom. The molecule has 1 aliphatic rings. The molecule has 0 unspecified atom stereocenters. The molecule has 0 atom stereocenters. The number of likely N-dealkylation sites (tertiary alicyclic amines) is 1. The third-order valence-electron chi connectivity index (χ3n) is 3.08. The number of non-ortho nitro benzene ring substituents is 1. The van der Waals surface area contributed by atoms with Crippen LogP contribution in [0.25, 0.3) is 0 Å². The van der Waals surface area contributed by atoms with Gasteiger partial charge >= 0.3 is 6.03 Å². The average Bonchev–Trinajstić information content (AvgIpc) is 2.42. The minimum Gasteiger partial charge on any atom is -0.506 e. The fraction of sp³-hybridized carbons (Fsp3) is 0.417. The van der Waals surface area contributed by atoms with Gasteiger partial charge in [0, 0.05) is 25.2 Å². The molecule has 1 fully saturated rings. The first-order chi connectivity index (χ1) is 9.08. The highest BCUT2D eigenvalue weighted by Crippen LogP contribution is 2.28. The number of urea groups is 1. The van der Waals surface area contributed by atoms with Crippen LogP contribution in [0.15, 0.2) is 18.2 Å². The Kier molecular flexibility index (Phi) is 3.84. The molecule has 19 heavy (non-hydrogen) atoms. The minimum atomic E-state index is -0.573. The van der Waals surface area contributed by atoms with E-state index < -0.39 is 4.92 Å². The first-order valence-corrected chi connectivity index (χ1v) is 6.11. The number of hydrogen-bond acceptors (Lipinski definition) is 4. The molecule has 2 amide bonds. The summed E-state index contributed by atoms with van der Waals surface area (Å²) in [7, 11) is 0. The second-order valence-electron chi connectivity index (χ2n) is 4.44. The molecule has 0 radical (unpaired) electrons.